The molecule has 6 rings (SSSR count). The van der Waals surface area contributed by atoms with Gasteiger partial charge in [0.25, 0.3) is 21.9 Å². The number of amides is 4. The van der Waals surface area contributed by atoms with Gasteiger partial charge in [0.05, 0.1) is 16.9 Å². The number of urea groups is 1. The van der Waals surface area contributed by atoms with E-state index in [-0.39, 0.29) is 10.5 Å². The highest BCUT2D eigenvalue weighted by atomic mass is 32.2. The Hall–Kier alpha value is -4.51. The number of anilines is 2. The molecule has 0 spiro atoms. The van der Waals surface area contributed by atoms with E-state index in [2.05, 4.69) is 28.1 Å². The molecule has 274 valence electrons. The lowest BCUT2D eigenvalue weighted by molar-refractivity contribution is -0.432. The molecule has 0 bridgehead atoms. The Morgan fingerprint density at radius 3 is 1.67 bits per heavy atom. The summed E-state index contributed by atoms with van der Waals surface area (Å²) in [6, 6.07) is 9.56. The van der Waals surface area contributed by atoms with E-state index in [1.807, 2.05) is 75.3 Å². The van der Waals surface area contributed by atoms with E-state index in [9.17, 15) is 27.4 Å². The van der Waals surface area contributed by atoms with Gasteiger partial charge in [0.15, 0.2) is 0 Å². The monoisotopic (exact) mass is 748 g/mol. The van der Waals surface area contributed by atoms with Gasteiger partial charge in [0.2, 0.25) is 0 Å². The first-order chi connectivity index (χ1) is 24.3. The number of carbonyl (C=O) groups excluding carboxylic acids is 3. The number of imide groups is 2. The van der Waals surface area contributed by atoms with Crippen LogP contribution in [0.1, 0.15) is 51.7 Å². The fraction of sp³-hybridized carbons (Fsp3) is 0.324. The Balaban J connectivity index is 1.46. The highest BCUT2D eigenvalue weighted by Crippen LogP contribution is 2.50. The molecule has 52 heavy (non-hydrogen) atoms. The number of rotatable bonds is 6. The van der Waals surface area contributed by atoms with Crippen molar-refractivity contribution >= 4 is 51.4 Å². The number of allylic oxidation sites excluding steroid dienone is 9. The van der Waals surface area contributed by atoms with E-state index in [1.165, 1.54) is 26.2 Å². The Kier molecular flexibility index (Phi) is 9.43. The first-order valence-corrected chi connectivity index (χ1v) is 18.6. The second kappa shape index (κ2) is 13.2. The summed E-state index contributed by atoms with van der Waals surface area (Å²) in [6.45, 7) is 8.08. The summed E-state index contributed by atoms with van der Waals surface area (Å²) < 4.78 is 38.2. The molecule has 2 aromatic carbocycles. The number of benzene rings is 2. The molecular weight excluding hydrogens is 709 g/mol. The SMILES string of the molecule is CN1C(=O)C(=C2/C(=C/C=C3/N(C)c4ccc(SOOO)cc4C3(C)C)CC/C2=C\C=C2\N(C)c3ccc(S(=O)(=O)O)cc3C2(C)C)C(=O)N(C)C1=O. The molecule has 3 heterocycles. The Morgan fingerprint density at radius 2 is 1.19 bits per heavy atom. The first-order valence-electron chi connectivity index (χ1n) is 16.4. The number of barbiturate groups is 1. The van der Waals surface area contributed by atoms with E-state index >= 15 is 0 Å². The normalized spacial score (nSPS) is 23.0. The van der Waals surface area contributed by atoms with Gasteiger partial charge in [-0.25, -0.2) is 10.1 Å². The third kappa shape index (κ3) is 6.00. The van der Waals surface area contributed by atoms with Crippen molar-refractivity contribution in [3.8, 4) is 0 Å². The van der Waals surface area contributed by atoms with Crippen LogP contribution >= 0.6 is 12.0 Å². The largest absolute Gasteiger partial charge is 0.347 e. The van der Waals surface area contributed by atoms with Crippen LogP contribution in [0.5, 0.6) is 0 Å². The van der Waals surface area contributed by atoms with Gasteiger partial charge in [-0.1, -0.05) is 44.9 Å². The van der Waals surface area contributed by atoms with E-state index in [0.717, 1.165) is 71.8 Å². The molecule has 0 unspecified atom stereocenters. The van der Waals surface area contributed by atoms with E-state index in [0.29, 0.717) is 18.4 Å². The van der Waals surface area contributed by atoms with E-state index in [1.54, 1.807) is 6.07 Å². The smallest absolute Gasteiger partial charge is 0.333 e. The molecule has 1 saturated heterocycles. The van der Waals surface area contributed by atoms with Crippen LogP contribution in [-0.2, 0) is 39.9 Å². The van der Waals surface area contributed by atoms with Gasteiger partial charge in [0.1, 0.15) is 5.57 Å². The molecule has 3 aliphatic heterocycles. The van der Waals surface area contributed by atoms with Crippen molar-refractivity contribution in [2.24, 2.45) is 0 Å². The van der Waals surface area contributed by atoms with Crippen molar-refractivity contribution in [3.05, 3.63) is 106 Å². The molecule has 0 aromatic heterocycles. The molecular formula is C37H40N4O9S2. The van der Waals surface area contributed by atoms with E-state index in [4.69, 9.17) is 5.26 Å². The molecule has 4 amide bonds. The molecule has 4 aliphatic rings. The van der Waals surface area contributed by atoms with Crippen LogP contribution in [0, 0.1) is 0 Å². The summed E-state index contributed by atoms with van der Waals surface area (Å²) in [7, 11) is 2.12. The maximum Gasteiger partial charge on any atom is 0.333 e. The van der Waals surface area contributed by atoms with Crippen molar-refractivity contribution in [2.75, 3.05) is 38.0 Å². The Bertz CT molecular complexity index is 2170. The predicted molar refractivity (Wildman–Crippen MR) is 196 cm³/mol. The van der Waals surface area contributed by atoms with Gasteiger partial charge in [0, 0.05) is 66.7 Å². The standard InChI is InChI=1S/C37H40N4O9S2/c1-36(2)25-19-23(51-50-49-45)13-15-27(25)38(5)29(36)17-11-21-9-10-22(31(21)32-33(42)40(7)35(44)41(8)34(32)43)12-18-30-37(3,4)26-20-24(52(46,47)48)14-16-28(26)39(30)6/h11-20,45H,9-10H2,1-8H3,(H,46,47,48)/b21-11+,22-12+,29-17+,30-18+. The summed E-state index contributed by atoms with van der Waals surface area (Å²) >= 11 is 0.880. The van der Waals surface area contributed by atoms with Crippen LogP contribution < -0.4 is 9.80 Å². The third-order valence-electron chi connectivity index (χ3n) is 10.5. The quantitative estimate of drug-likeness (QED) is 0.0853. The molecule has 15 heteroatoms. The second-order valence-electron chi connectivity index (χ2n) is 14.2. The number of carbonyl (C=O) groups is 3. The van der Waals surface area contributed by atoms with Crippen LogP contribution in [0.3, 0.4) is 0 Å². The van der Waals surface area contributed by atoms with Crippen molar-refractivity contribution in [1.82, 2.24) is 9.80 Å². The lowest BCUT2D eigenvalue weighted by Gasteiger charge is -2.30. The van der Waals surface area contributed by atoms with Crippen LogP contribution in [0.4, 0.5) is 16.2 Å². The zero-order chi connectivity index (χ0) is 38.1. The number of nitrogens with zero attached hydrogens (tertiary/aromatic N) is 4. The summed E-state index contributed by atoms with van der Waals surface area (Å²) in [4.78, 5) is 46.6. The van der Waals surface area contributed by atoms with Crippen molar-refractivity contribution in [1.29, 1.82) is 0 Å². The zero-order valence-corrected chi connectivity index (χ0v) is 31.7. The first kappa shape index (κ1) is 37.3. The maximum atomic E-state index is 13.7. The number of hydrogen-bond donors (Lipinski definition) is 2. The van der Waals surface area contributed by atoms with Gasteiger partial charge in [-0.2, -0.15) is 8.42 Å². The summed E-state index contributed by atoms with van der Waals surface area (Å²) in [5.74, 6) is -1.37. The van der Waals surface area contributed by atoms with Crippen LogP contribution in [0.25, 0.3) is 0 Å². The van der Waals surface area contributed by atoms with Crippen molar-refractivity contribution in [2.45, 2.75) is 61.2 Å². The van der Waals surface area contributed by atoms with Gasteiger partial charge in [-0.05, 0) is 89.2 Å². The van der Waals surface area contributed by atoms with Crippen molar-refractivity contribution in [3.63, 3.8) is 0 Å². The fourth-order valence-electron chi connectivity index (χ4n) is 7.68. The Labute approximate surface area is 307 Å². The van der Waals surface area contributed by atoms with Crippen molar-refractivity contribution < 1.29 is 42.0 Å². The molecule has 2 fully saturated rings. The molecule has 13 nitrogen and oxygen atoms in total. The molecule has 1 aliphatic carbocycles. The lowest BCUT2D eigenvalue weighted by Crippen LogP contribution is -2.53. The summed E-state index contributed by atoms with van der Waals surface area (Å²) in [5, 5.41) is 12.4. The fourth-order valence-corrected chi connectivity index (χ4v) is 8.58. The predicted octanol–water partition coefficient (Wildman–Crippen LogP) is 6.28. The minimum absolute atomic E-state index is 0.0911. The number of fused-ring (bicyclic) bond motifs is 2. The van der Waals surface area contributed by atoms with Gasteiger partial charge >= 0.3 is 6.03 Å². The minimum atomic E-state index is -4.41. The third-order valence-corrected chi connectivity index (χ3v) is 11.9. The highest BCUT2D eigenvalue weighted by Gasteiger charge is 2.43. The zero-order valence-electron chi connectivity index (χ0n) is 30.0. The van der Waals surface area contributed by atoms with Gasteiger partial charge < -0.3 is 9.80 Å². The summed E-state index contributed by atoms with van der Waals surface area (Å²) in [6.07, 6.45) is 8.75. The molecule has 2 N–H and O–H groups in total. The van der Waals surface area contributed by atoms with Crippen LogP contribution in [0.15, 0.2) is 104 Å². The average molecular weight is 749 g/mol. The number of hydrogen-bond acceptors (Lipinski definition) is 11. The lowest BCUT2D eigenvalue weighted by atomic mass is 9.83. The molecule has 1 saturated carbocycles. The molecule has 0 radical (unpaired) electrons. The summed E-state index contributed by atoms with van der Waals surface area (Å²) in [5.41, 5.74) is 6.04. The highest BCUT2D eigenvalue weighted by molar-refractivity contribution is 7.94. The minimum Gasteiger partial charge on any atom is -0.347 e. The Morgan fingerprint density at radius 1 is 0.712 bits per heavy atom. The van der Waals surface area contributed by atoms with E-state index < -0.39 is 38.8 Å². The van der Waals surface area contributed by atoms with Gasteiger partial charge in [-0.3, -0.25) is 23.9 Å². The second-order valence-corrected chi connectivity index (χ2v) is 16.4. The van der Waals surface area contributed by atoms with Gasteiger partial charge in [-0.15, -0.1) is 4.33 Å². The molecule has 2 aromatic rings. The average Bonchev–Trinajstić information content (AvgIpc) is 3.64. The topological polar surface area (TPSA) is 157 Å². The maximum absolute atomic E-state index is 13.7. The number of likely N-dealkylation sites (N-methyl/N-ethyl adjacent to an activating group) is 4. The van der Waals surface area contributed by atoms with Crippen LogP contribution in [-0.4, -0.2) is 74.1 Å². The van der Waals surface area contributed by atoms with Crippen LogP contribution in [0.2, 0.25) is 0 Å². The molecule has 0 atom stereocenters.